The molecule has 2 unspecified atom stereocenters. The molecule has 9 nitrogen and oxygen atoms in total. The molecule has 0 radical (unpaired) electrons. The fourth-order valence-electron chi connectivity index (χ4n) is 3.73. The van der Waals surface area contributed by atoms with Crippen LogP contribution in [0.4, 0.5) is 0 Å². The van der Waals surface area contributed by atoms with Crippen LogP contribution in [0, 0.1) is 5.92 Å². The van der Waals surface area contributed by atoms with E-state index in [2.05, 4.69) is 17.1 Å². The molecule has 2 aliphatic heterocycles. The summed E-state index contributed by atoms with van der Waals surface area (Å²) in [5.74, 6) is -1.42. The van der Waals surface area contributed by atoms with Crippen molar-refractivity contribution in [1.29, 1.82) is 0 Å². The minimum absolute atomic E-state index is 0.00608. The Labute approximate surface area is 176 Å². The van der Waals surface area contributed by atoms with Crippen LogP contribution in [0.3, 0.4) is 0 Å². The summed E-state index contributed by atoms with van der Waals surface area (Å²) < 4.78 is 10.6. The molecule has 9 heteroatoms. The first-order valence-corrected chi connectivity index (χ1v) is 10.5. The molecule has 164 valence electrons. The number of esters is 1. The number of nitrogens with zero attached hydrogens (tertiary/aromatic N) is 3. The topological polar surface area (TPSA) is 104 Å². The molecule has 0 spiro atoms. The molecule has 2 atom stereocenters. The predicted octanol–water partition coefficient (Wildman–Crippen LogP) is 1.13. The number of hydrogen-bond donors (Lipinski definition) is 2. The Morgan fingerprint density at radius 3 is 2.57 bits per heavy atom. The number of phenolic OH excluding ortho intramolecular Hbond substituents is 1. The van der Waals surface area contributed by atoms with Crippen molar-refractivity contribution in [2.24, 2.45) is 10.9 Å². The Bertz CT molecular complexity index is 805. The average molecular weight is 418 g/mol. The number of likely N-dealkylation sites (N-methyl/N-ethyl adjacent to an activating group) is 1. The molecule has 2 heterocycles. The number of nitrogens with one attached hydrogen (secondary N) is 1. The van der Waals surface area contributed by atoms with E-state index in [-0.39, 0.29) is 18.1 Å². The van der Waals surface area contributed by atoms with Gasteiger partial charge in [0.25, 0.3) is 0 Å². The number of rotatable bonds is 6. The number of carbonyl (C=O) groups excluding carboxylic acids is 2. The molecular weight excluding hydrogens is 388 g/mol. The second-order valence-electron chi connectivity index (χ2n) is 7.20. The number of guanidine groups is 1. The van der Waals surface area contributed by atoms with Crippen LogP contribution in [0.5, 0.6) is 11.5 Å². The Balaban J connectivity index is 1.95. The lowest BCUT2D eigenvalue weighted by Crippen LogP contribution is -2.57. The molecule has 0 aromatic heterocycles. The summed E-state index contributed by atoms with van der Waals surface area (Å²) in [5.41, 5.74) is 0.605. The number of benzene rings is 1. The van der Waals surface area contributed by atoms with Crippen LogP contribution in [0.25, 0.3) is 0 Å². The third-order valence-corrected chi connectivity index (χ3v) is 5.38. The fraction of sp³-hybridized carbons (Fsp3) is 0.571. The average Bonchev–Trinajstić information content (AvgIpc) is 2.75. The van der Waals surface area contributed by atoms with E-state index in [1.807, 2.05) is 11.8 Å². The highest BCUT2D eigenvalue weighted by molar-refractivity contribution is 6.08. The van der Waals surface area contributed by atoms with E-state index in [0.717, 1.165) is 32.7 Å². The van der Waals surface area contributed by atoms with Gasteiger partial charge in [0, 0.05) is 26.2 Å². The lowest BCUT2D eigenvalue weighted by atomic mass is 9.91. The Morgan fingerprint density at radius 1 is 1.20 bits per heavy atom. The van der Waals surface area contributed by atoms with Gasteiger partial charge >= 0.3 is 5.97 Å². The summed E-state index contributed by atoms with van der Waals surface area (Å²) >= 11 is 0. The molecule has 2 N–H and O–H groups in total. The van der Waals surface area contributed by atoms with Crippen molar-refractivity contribution < 1.29 is 24.2 Å². The van der Waals surface area contributed by atoms with E-state index in [4.69, 9.17) is 14.5 Å². The summed E-state index contributed by atoms with van der Waals surface area (Å²) in [6, 6.07) is 4.01. The Morgan fingerprint density at radius 2 is 1.93 bits per heavy atom. The second-order valence-corrected chi connectivity index (χ2v) is 7.20. The highest BCUT2D eigenvalue weighted by atomic mass is 16.5. The second kappa shape index (κ2) is 9.80. The fourth-order valence-corrected chi connectivity index (χ4v) is 3.73. The van der Waals surface area contributed by atoms with Gasteiger partial charge in [0.05, 0.1) is 13.2 Å². The molecule has 1 fully saturated rings. The van der Waals surface area contributed by atoms with Crippen molar-refractivity contribution in [1.82, 2.24) is 15.1 Å². The maximum atomic E-state index is 12.9. The molecule has 3 rings (SSSR count). The van der Waals surface area contributed by atoms with Crippen LogP contribution in [0.1, 0.15) is 32.4 Å². The molecule has 0 aliphatic carbocycles. The van der Waals surface area contributed by atoms with Crippen molar-refractivity contribution in [3.63, 3.8) is 0 Å². The number of aromatic hydroxyl groups is 1. The van der Waals surface area contributed by atoms with Crippen LogP contribution >= 0.6 is 0 Å². The van der Waals surface area contributed by atoms with Crippen LogP contribution in [-0.2, 0) is 14.3 Å². The first-order valence-electron chi connectivity index (χ1n) is 10.5. The summed E-state index contributed by atoms with van der Waals surface area (Å²) in [6.45, 7) is 10.4. The highest BCUT2D eigenvalue weighted by Crippen LogP contribution is 2.36. The van der Waals surface area contributed by atoms with Gasteiger partial charge in [-0.3, -0.25) is 14.9 Å². The van der Waals surface area contributed by atoms with Gasteiger partial charge in [0.15, 0.2) is 17.4 Å². The van der Waals surface area contributed by atoms with Crippen molar-refractivity contribution in [2.45, 2.75) is 26.8 Å². The summed E-state index contributed by atoms with van der Waals surface area (Å²) in [6.07, 6.45) is 0. The van der Waals surface area contributed by atoms with Crippen molar-refractivity contribution >= 4 is 17.8 Å². The molecular formula is C21H30N4O5. The standard InChI is InChI=1S/C21H30N4O5/c1-4-24-9-11-25(12-10-24)21-22-18(17(19(27)23-21)20(28)30-6-3)14-7-8-15(26)16(13-14)29-5-2/h7-8,13,17-18,26H,4-6,9-12H2,1-3H3,(H,22,23,27). The van der Waals surface area contributed by atoms with E-state index < -0.39 is 23.8 Å². The van der Waals surface area contributed by atoms with Crippen molar-refractivity contribution in [3.8, 4) is 11.5 Å². The molecule has 1 saturated heterocycles. The largest absolute Gasteiger partial charge is 0.504 e. The first kappa shape index (κ1) is 21.9. The smallest absolute Gasteiger partial charge is 0.321 e. The first-order chi connectivity index (χ1) is 14.5. The number of phenols is 1. The SMILES string of the molecule is CCOC(=O)C1C(=O)NC(N2CCN(CC)CC2)=NC1c1ccc(O)c(OCC)c1. The number of ether oxygens (including phenoxy) is 2. The van der Waals surface area contributed by atoms with Crippen LogP contribution in [0.15, 0.2) is 23.2 Å². The zero-order valence-electron chi connectivity index (χ0n) is 17.8. The van der Waals surface area contributed by atoms with Crippen LogP contribution < -0.4 is 10.1 Å². The van der Waals surface area contributed by atoms with Gasteiger partial charge in [-0.15, -0.1) is 0 Å². The Hall–Kier alpha value is -2.81. The van der Waals surface area contributed by atoms with Gasteiger partial charge in [-0.05, 0) is 38.1 Å². The number of amides is 1. The number of aliphatic imine (C=N–C) groups is 1. The normalized spacial score (nSPS) is 22.3. The third kappa shape index (κ3) is 4.67. The van der Waals surface area contributed by atoms with E-state index in [1.54, 1.807) is 19.1 Å². The van der Waals surface area contributed by atoms with Gasteiger partial charge in [-0.1, -0.05) is 13.0 Å². The summed E-state index contributed by atoms with van der Waals surface area (Å²) in [5, 5.41) is 12.8. The van der Waals surface area contributed by atoms with E-state index in [0.29, 0.717) is 18.1 Å². The molecule has 1 aromatic carbocycles. The third-order valence-electron chi connectivity index (χ3n) is 5.38. The highest BCUT2D eigenvalue weighted by Gasteiger charge is 2.42. The molecule has 30 heavy (non-hydrogen) atoms. The van der Waals surface area contributed by atoms with E-state index >= 15 is 0 Å². The minimum atomic E-state index is -1.11. The van der Waals surface area contributed by atoms with Crippen LogP contribution in [0.2, 0.25) is 0 Å². The number of hydrogen-bond acceptors (Lipinski definition) is 8. The molecule has 2 aliphatic rings. The van der Waals surface area contributed by atoms with E-state index in [9.17, 15) is 14.7 Å². The predicted molar refractivity (Wildman–Crippen MR) is 111 cm³/mol. The van der Waals surface area contributed by atoms with E-state index in [1.165, 1.54) is 6.07 Å². The summed E-state index contributed by atoms with van der Waals surface area (Å²) in [7, 11) is 0. The maximum absolute atomic E-state index is 12.9. The van der Waals surface area contributed by atoms with Gasteiger partial charge in [0.1, 0.15) is 6.04 Å². The Kier molecular flexibility index (Phi) is 7.15. The summed E-state index contributed by atoms with van der Waals surface area (Å²) in [4.78, 5) is 34.6. The van der Waals surface area contributed by atoms with Gasteiger partial charge in [-0.2, -0.15) is 0 Å². The van der Waals surface area contributed by atoms with Gasteiger partial charge in [-0.25, -0.2) is 4.99 Å². The zero-order chi connectivity index (χ0) is 21.7. The molecule has 1 amide bonds. The van der Waals surface area contributed by atoms with Gasteiger partial charge in [0.2, 0.25) is 11.9 Å². The van der Waals surface area contributed by atoms with Gasteiger partial charge < -0.3 is 24.4 Å². The molecule has 0 bridgehead atoms. The lowest BCUT2D eigenvalue weighted by molar-refractivity contribution is -0.153. The molecule has 1 aromatic rings. The van der Waals surface area contributed by atoms with Crippen molar-refractivity contribution in [3.05, 3.63) is 23.8 Å². The number of carbonyl (C=O) groups is 2. The minimum Gasteiger partial charge on any atom is -0.504 e. The monoisotopic (exact) mass is 418 g/mol. The van der Waals surface area contributed by atoms with Crippen LogP contribution in [-0.4, -0.2) is 78.7 Å². The number of piperazine rings is 1. The quantitative estimate of drug-likeness (QED) is 0.527. The maximum Gasteiger partial charge on any atom is 0.321 e. The lowest BCUT2D eigenvalue weighted by Gasteiger charge is -2.38. The molecule has 0 saturated carbocycles. The zero-order valence-corrected chi connectivity index (χ0v) is 17.8. The van der Waals surface area contributed by atoms with Crippen molar-refractivity contribution in [2.75, 3.05) is 45.9 Å².